The minimum Gasteiger partial charge on any atom is -0.481 e. The van der Waals surface area contributed by atoms with Crippen LogP contribution >= 0.6 is 11.8 Å². The molecule has 0 unspecified atom stereocenters. The van der Waals surface area contributed by atoms with Crippen molar-refractivity contribution in [2.75, 3.05) is 37.7 Å². The van der Waals surface area contributed by atoms with Crippen LogP contribution in [-0.2, 0) is 9.53 Å². The van der Waals surface area contributed by atoms with Crippen molar-refractivity contribution < 1.29 is 14.6 Å². The lowest BCUT2D eigenvalue weighted by molar-refractivity contribution is -0.136. The van der Waals surface area contributed by atoms with Crippen molar-refractivity contribution in [3.63, 3.8) is 0 Å². The summed E-state index contributed by atoms with van der Waals surface area (Å²) in [6, 6.07) is 16.8. The van der Waals surface area contributed by atoms with Gasteiger partial charge in [0.25, 0.3) is 0 Å². The smallest absolute Gasteiger partial charge is 0.304 e. The summed E-state index contributed by atoms with van der Waals surface area (Å²) in [5.41, 5.74) is 2.43. The Balaban J connectivity index is 1.52. The topological polar surface area (TPSA) is 61.8 Å². The Hall–Kier alpha value is -2.02. The minimum absolute atomic E-state index is 0.138. The molecule has 0 fully saturated rings. The van der Waals surface area contributed by atoms with Crippen LogP contribution in [0.25, 0.3) is 0 Å². The molecule has 0 aliphatic carbocycles. The highest BCUT2D eigenvalue weighted by atomic mass is 32.2. The van der Waals surface area contributed by atoms with Crippen molar-refractivity contribution in [3.8, 4) is 0 Å². The quantitative estimate of drug-likeness (QED) is 0.670. The number of nitrogens with zero attached hydrogens (tertiary/aromatic N) is 1. The summed E-state index contributed by atoms with van der Waals surface area (Å²) in [5.74, 6) is -0.784. The molecule has 0 aromatic heterocycles. The Labute approximate surface area is 152 Å². The fourth-order valence-corrected chi connectivity index (χ4v) is 3.84. The van der Waals surface area contributed by atoms with E-state index in [9.17, 15) is 4.79 Å². The second kappa shape index (κ2) is 8.89. The highest BCUT2D eigenvalue weighted by molar-refractivity contribution is 7.99. The first-order chi connectivity index (χ1) is 12.3. The number of hydrogen-bond donors (Lipinski definition) is 2. The second-order valence-corrected chi connectivity index (χ2v) is 6.78. The zero-order chi connectivity index (χ0) is 17.5. The molecule has 5 nitrogen and oxygen atoms in total. The third-order valence-corrected chi connectivity index (χ3v) is 5.06. The van der Waals surface area contributed by atoms with Gasteiger partial charge in [0.2, 0.25) is 0 Å². The van der Waals surface area contributed by atoms with E-state index in [1.807, 2.05) is 0 Å². The Bertz CT molecular complexity index is 678. The fraction of sp³-hybridized carbons (Fsp3) is 0.316. The maximum absolute atomic E-state index is 10.4. The van der Waals surface area contributed by atoms with Gasteiger partial charge < -0.3 is 20.1 Å². The van der Waals surface area contributed by atoms with Gasteiger partial charge in [0.15, 0.2) is 0 Å². The van der Waals surface area contributed by atoms with E-state index in [4.69, 9.17) is 9.84 Å². The lowest BCUT2D eigenvalue weighted by atomic mass is 10.2. The van der Waals surface area contributed by atoms with Crippen LogP contribution < -0.4 is 10.2 Å². The molecule has 0 bridgehead atoms. The molecule has 3 rings (SSSR count). The van der Waals surface area contributed by atoms with Crippen LogP contribution in [-0.4, -0.2) is 43.9 Å². The average molecular weight is 358 g/mol. The number of carbonyl (C=O) groups is 1. The van der Waals surface area contributed by atoms with Gasteiger partial charge in [-0.3, -0.25) is 4.79 Å². The van der Waals surface area contributed by atoms with Crippen LogP contribution in [0.5, 0.6) is 0 Å². The summed E-state index contributed by atoms with van der Waals surface area (Å²) in [7, 11) is 0. The number of carboxylic acid groups (broad SMARTS) is 1. The zero-order valence-electron chi connectivity index (χ0n) is 14.0. The lowest BCUT2D eigenvalue weighted by Gasteiger charge is -2.32. The normalized spacial score (nSPS) is 12.6. The minimum atomic E-state index is -0.784. The molecular weight excluding hydrogens is 336 g/mol. The molecule has 2 aromatic carbocycles. The maximum atomic E-state index is 10.4. The van der Waals surface area contributed by atoms with Gasteiger partial charge in [-0.15, -0.1) is 0 Å². The first-order valence-corrected chi connectivity index (χ1v) is 9.21. The fourth-order valence-electron chi connectivity index (χ4n) is 2.74. The number of hydrogen-bond acceptors (Lipinski definition) is 5. The lowest BCUT2D eigenvalue weighted by Crippen LogP contribution is -2.27. The van der Waals surface area contributed by atoms with E-state index in [0.717, 1.165) is 6.54 Å². The van der Waals surface area contributed by atoms with Crippen LogP contribution in [0.3, 0.4) is 0 Å². The monoisotopic (exact) mass is 358 g/mol. The number of aliphatic carboxylic acids is 1. The summed E-state index contributed by atoms with van der Waals surface area (Å²) in [4.78, 5) is 15.3. The van der Waals surface area contributed by atoms with Crippen LogP contribution in [0.2, 0.25) is 0 Å². The third-order valence-electron chi connectivity index (χ3n) is 3.93. The number of para-hydroxylation sites is 2. The molecule has 0 saturated carbocycles. The van der Waals surface area contributed by atoms with E-state index in [0.29, 0.717) is 26.3 Å². The van der Waals surface area contributed by atoms with Crippen molar-refractivity contribution >= 4 is 29.1 Å². The first-order valence-electron chi connectivity index (χ1n) is 8.39. The molecule has 0 saturated heterocycles. The van der Waals surface area contributed by atoms with Gasteiger partial charge in [-0.2, -0.15) is 0 Å². The zero-order valence-corrected chi connectivity index (χ0v) is 14.8. The van der Waals surface area contributed by atoms with Crippen molar-refractivity contribution in [2.24, 2.45) is 0 Å². The molecular formula is C19H22N2O3S. The van der Waals surface area contributed by atoms with Gasteiger partial charge in [-0.1, -0.05) is 36.0 Å². The van der Waals surface area contributed by atoms with E-state index >= 15 is 0 Å². The van der Waals surface area contributed by atoms with Gasteiger partial charge in [0.05, 0.1) is 31.0 Å². The number of rotatable bonds is 9. The van der Waals surface area contributed by atoms with E-state index < -0.39 is 5.97 Å². The second-order valence-electron chi connectivity index (χ2n) is 5.70. The van der Waals surface area contributed by atoms with E-state index in [2.05, 4.69) is 58.7 Å². The summed E-state index contributed by atoms with van der Waals surface area (Å²) in [5, 5.41) is 11.6. The molecule has 1 aliphatic heterocycles. The molecule has 0 radical (unpaired) electrons. The maximum Gasteiger partial charge on any atom is 0.304 e. The number of anilines is 2. The number of ether oxygens (including phenoxy) is 1. The van der Waals surface area contributed by atoms with Gasteiger partial charge in [0, 0.05) is 29.4 Å². The molecule has 0 amide bonds. The van der Waals surface area contributed by atoms with Crippen LogP contribution in [0.15, 0.2) is 58.3 Å². The Morgan fingerprint density at radius 3 is 2.28 bits per heavy atom. The first kappa shape index (κ1) is 17.8. The Kier molecular flexibility index (Phi) is 6.33. The van der Waals surface area contributed by atoms with Gasteiger partial charge in [0.1, 0.15) is 0 Å². The predicted octanol–water partition coefficient (Wildman–Crippen LogP) is 3.37. The molecule has 25 heavy (non-hydrogen) atoms. The number of fused-ring (bicyclic) bond motifs is 2. The van der Waals surface area contributed by atoms with Gasteiger partial charge >= 0.3 is 5.97 Å². The molecule has 132 valence electrons. The Morgan fingerprint density at radius 2 is 1.64 bits per heavy atom. The number of carboxylic acids is 1. The summed E-state index contributed by atoms with van der Waals surface area (Å²) in [6.45, 7) is 3.11. The number of benzene rings is 2. The average Bonchev–Trinajstić information content (AvgIpc) is 2.62. The van der Waals surface area contributed by atoms with E-state index in [1.54, 1.807) is 11.8 Å². The third kappa shape index (κ3) is 4.75. The molecule has 1 aliphatic rings. The summed E-state index contributed by atoms with van der Waals surface area (Å²) in [6.07, 6.45) is 0.138. The molecule has 6 heteroatoms. The molecule has 2 aromatic rings. The molecule has 1 heterocycles. The molecule has 2 N–H and O–H groups in total. The predicted molar refractivity (Wildman–Crippen MR) is 100.0 cm³/mol. The highest BCUT2D eigenvalue weighted by Gasteiger charge is 2.22. The van der Waals surface area contributed by atoms with Gasteiger partial charge in [-0.25, -0.2) is 0 Å². The summed E-state index contributed by atoms with van der Waals surface area (Å²) < 4.78 is 5.72. The van der Waals surface area contributed by atoms with Crippen molar-refractivity contribution in [1.29, 1.82) is 0 Å². The van der Waals surface area contributed by atoms with E-state index in [-0.39, 0.29) is 6.42 Å². The standard InChI is InChI=1S/C19H22N2O3S/c22-19(23)9-10-20-11-13-24-14-12-21-15-5-1-3-7-17(15)25-18-8-4-2-6-16(18)21/h1-8,20H,9-14H2,(H,22,23). The Morgan fingerprint density at radius 1 is 1.00 bits per heavy atom. The number of nitrogens with one attached hydrogen (secondary N) is 1. The van der Waals surface area contributed by atoms with Crippen molar-refractivity contribution in [3.05, 3.63) is 48.5 Å². The SMILES string of the molecule is O=C(O)CCNCCOCCN1c2ccccc2Sc2ccccc21. The van der Waals surface area contributed by atoms with Crippen LogP contribution in [0, 0.1) is 0 Å². The van der Waals surface area contributed by atoms with Gasteiger partial charge in [-0.05, 0) is 24.3 Å². The van der Waals surface area contributed by atoms with Crippen molar-refractivity contribution in [2.45, 2.75) is 16.2 Å². The van der Waals surface area contributed by atoms with Crippen LogP contribution in [0.1, 0.15) is 6.42 Å². The van der Waals surface area contributed by atoms with E-state index in [1.165, 1.54) is 21.2 Å². The van der Waals surface area contributed by atoms with Crippen LogP contribution in [0.4, 0.5) is 11.4 Å². The van der Waals surface area contributed by atoms with Crippen molar-refractivity contribution in [1.82, 2.24) is 5.32 Å². The molecule has 0 spiro atoms. The largest absolute Gasteiger partial charge is 0.481 e. The summed E-state index contributed by atoms with van der Waals surface area (Å²) >= 11 is 1.80. The molecule has 0 atom stereocenters. The highest BCUT2D eigenvalue weighted by Crippen LogP contribution is 2.47.